The molecule has 0 aliphatic carbocycles. The molecule has 1 aromatic carbocycles. The van der Waals surface area contributed by atoms with Crippen molar-refractivity contribution in [3.05, 3.63) is 50.1 Å². The third kappa shape index (κ3) is 7.12. The fourth-order valence-electron chi connectivity index (χ4n) is 6.75. The first-order valence-electron chi connectivity index (χ1n) is 15.5. The lowest BCUT2D eigenvalue weighted by Gasteiger charge is -2.42. The van der Waals surface area contributed by atoms with Crippen molar-refractivity contribution in [2.45, 2.75) is 56.8 Å². The van der Waals surface area contributed by atoms with Gasteiger partial charge in [-0.25, -0.2) is 9.59 Å². The molecule has 1 atom stereocenters. The number of ether oxygens (including phenoxy) is 1. The van der Waals surface area contributed by atoms with Gasteiger partial charge in [0.15, 0.2) is 6.10 Å². The highest BCUT2D eigenvalue weighted by Gasteiger charge is 2.37. The Bertz CT molecular complexity index is 1350. The molecule has 44 heavy (non-hydrogen) atoms. The standard InChI is InChI=1S/C31H40Cl2N6O4S/c1-35-12-14-36(15-13-35)23-4-8-37(9-5-23)29(40)28(17-21-2-3-25(32)26(33)16-21)43-31(42)38-10-6-24(7-11-38)39-18-22-19-44-20-27(22)34-30(39)41/h2-3,16,19-20,23-24,28H,4-15,17-18H2,1H3,(H,34,41). The average Bonchev–Trinajstić information content (AvgIpc) is 3.49. The van der Waals surface area contributed by atoms with Crippen LogP contribution in [0, 0.1) is 0 Å². The van der Waals surface area contributed by atoms with Crippen LogP contribution < -0.4 is 5.32 Å². The third-order valence-electron chi connectivity index (χ3n) is 9.50. The monoisotopic (exact) mass is 662 g/mol. The van der Waals surface area contributed by atoms with E-state index < -0.39 is 12.2 Å². The summed E-state index contributed by atoms with van der Waals surface area (Å²) in [4.78, 5) is 50.3. The van der Waals surface area contributed by atoms with Gasteiger partial charge in [0.05, 0.1) is 22.3 Å². The van der Waals surface area contributed by atoms with E-state index in [2.05, 4.69) is 27.5 Å². The number of amides is 4. The summed E-state index contributed by atoms with van der Waals surface area (Å²) in [6.45, 7) is 7.01. The SMILES string of the molecule is CN1CCN(C2CCN(C(=O)C(Cc3ccc(Cl)c(Cl)c3)OC(=O)N3CCC(N4Cc5cscc5NC4=O)CC3)CC2)CC1. The number of likely N-dealkylation sites (N-methyl/N-ethyl adjacent to an activating group) is 1. The van der Waals surface area contributed by atoms with Crippen LogP contribution in [0.15, 0.2) is 29.0 Å². The Morgan fingerprint density at radius 2 is 1.61 bits per heavy atom. The van der Waals surface area contributed by atoms with Gasteiger partial charge in [0.25, 0.3) is 5.91 Å². The highest BCUT2D eigenvalue weighted by atomic mass is 35.5. The lowest BCUT2D eigenvalue weighted by molar-refractivity contribution is -0.142. The number of nitrogens with zero attached hydrogens (tertiary/aromatic N) is 5. The summed E-state index contributed by atoms with van der Waals surface area (Å²) in [6.07, 6.45) is 1.86. The summed E-state index contributed by atoms with van der Waals surface area (Å²) in [5.74, 6) is -0.173. The number of hydrogen-bond acceptors (Lipinski definition) is 7. The van der Waals surface area contributed by atoms with E-state index in [4.69, 9.17) is 27.9 Å². The number of nitrogens with one attached hydrogen (secondary N) is 1. The van der Waals surface area contributed by atoms with Gasteiger partial charge < -0.3 is 29.7 Å². The average molecular weight is 664 g/mol. The number of piperazine rings is 1. The Balaban J connectivity index is 1.07. The van der Waals surface area contributed by atoms with Crippen LogP contribution in [0.2, 0.25) is 10.0 Å². The normalized spacial score (nSPS) is 21.6. The van der Waals surface area contributed by atoms with Gasteiger partial charge in [-0.3, -0.25) is 9.69 Å². The molecule has 4 aliphatic rings. The molecule has 0 saturated carbocycles. The Hall–Kier alpha value is -2.57. The van der Waals surface area contributed by atoms with Crippen LogP contribution in [-0.4, -0.2) is 120 Å². The van der Waals surface area contributed by atoms with Crippen molar-refractivity contribution in [1.82, 2.24) is 24.5 Å². The molecule has 5 heterocycles. The second-order valence-corrected chi connectivity index (χ2v) is 13.9. The van der Waals surface area contributed by atoms with Crippen molar-refractivity contribution in [3.8, 4) is 0 Å². The lowest BCUT2D eigenvalue weighted by Crippen LogP contribution is -2.54. The van der Waals surface area contributed by atoms with Crippen LogP contribution in [0.25, 0.3) is 0 Å². The molecule has 13 heteroatoms. The van der Waals surface area contributed by atoms with Crippen LogP contribution in [0.3, 0.4) is 0 Å². The van der Waals surface area contributed by atoms with Gasteiger partial charge in [0.1, 0.15) is 0 Å². The van der Waals surface area contributed by atoms with Gasteiger partial charge in [-0.1, -0.05) is 29.3 Å². The van der Waals surface area contributed by atoms with Crippen molar-refractivity contribution in [2.75, 3.05) is 64.7 Å². The first-order chi connectivity index (χ1) is 21.2. The number of fused-ring (bicyclic) bond motifs is 1. The number of likely N-dealkylation sites (tertiary alicyclic amines) is 2. The van der Waals surface area contributed by atoms with Gasteiger partial charge >= 0.3 is 12.1 Å². The first-order valence-corrected chi connectivity index (χ1v) is 17.2. The molecule has 1 unspecified atom stereocenters. The number of benzene rings is 1. The minimum atomic E-state index is -0.970. The molecule has 0 spiro atoms. The molecule has 4 amide bonds. The van der Waals surface area contributed by atoms with Gasteiger partial charge in [-0.15, -0.1) is 11.3 Å². The van der Waals surface area contributed by atoms with E-state index in [-0.39, 0.29) is 24.4 Å². The summed E-state index contributed by atoms with van der Waals surface area (Å²) < 4.78 is 5.98. The molecule has 3 saturated heterocycles. The molecule has 0 radical (unpaired) electrons. The third-order valence-corrected chi connectivity index (χ3v) is 11.0. The highest BCUT2D eigenvalue weighted by molar-refractivity contribution is 7.08. The zero-order valence-corrected chi connectivity index (χ0v) is 27.4. The van der Waals surface area contributed by atoms with Gasteiger partial charge in [-0.2, -0.15) is 0 Å². The van der Waals surface area contributed by atoms with E-state index >= 15 is 0 Å². The lowest BCUT2D eigenvalue weighted by atomic mass is 10.0. The molecule has 1 N–H and O–H groups in total. The fraction of sp³-hybridized carbons (Fsp3) is 0.581. The molecule has 6 rings (SSSR count). The van der Waals surface area contributed by atoms with Crippen LogP contribution >= 0.6 is 34.5 Å². The van der Waals surface area contributed by atoms with Crippen LogP contribution in [0.5, 0.6) is 0 Å². The number of hydrogen-bond donors (Lipinski definition) is 1. The van der Waals surface area contributed by atoms with Gasteiger partial charge in [0, 0.05) is 81.8 Å². The maximum Gasteiger partial charge on any atom is 0.410 e. The van der Waals surface area contributed by atoms with E-state index in [0.29, 0.717) is 61.7 Å². The van der Waals surface area contributed by atoms with Crippen molar-refractivity contribution in [1.29, 1.82) is 0 Å². The summed E-state index contributed by atoms with van der Waals surface area (Å²) in [5.41, 5.74) is 2.78. The highest BCUT2D eigenvalue weighted by Crippen LogP contribution is 2.31. The molecular weight excluding hydrogens is 623 g/mol. The molecule has 1 aromatic heterocycles. The van der Waals surface area contributed by atoms with Crippen molar-refractivity contribution in [3.63, 3.8) is 0 Å². The zero-order chi connectivity index (χ0) is 30.8. The fourth-order valence-corrected chi connectivity index (χ4v) is 7.85. The maximum absolute atomic E-state index is 13.9. The van der Waals surface area contributed by atoms with Gasteiger partial charge in [-0.05, 0) is 55.8 Å². The quantitative estimate of drug-likeness (QED) is 0.476. The number of thiophene rings is 1. The minimum absolute atomic E-state index is 0.0299. The number of anilines is 1. The Morgan fingerprint density at radius 1 is 0.932 bits per heavy atom. The number of carbonyl (C=O) groups is 3. The summed E-state index contributed by atoms with van der Waals surface area (Å²) in [6, 6.07) is 5.65. The second-order valence-electron chi connectivity index (χ2n) is 12.3. The number of piperidine rings is 2. The molecule has 238 valence electrons. The van der Waals surface area contributed by atoms with Crippen LogP contribution in [0.4, 0.5) is 15.3 Å². The molecular formula is C31H40Cl2N6O4S. The van der Waals surface area contributed by atoms with E-state index in [0.717, 1.165) is 55.8 Å². The molecule has 10 nitrogen and oxygen atoms in total. The Morgan fingerprint density at radius 3 is 2.32 bits per heavy atom. The maximum atomic E-state index is 13.9. The van der Waals surface area contributed by atoms with Crippen LogP contribution in [-0.2, 0) is 22.5 Å². The Labute approximate surface area is 272 Å². The van der Waals surface area contributed by atoms with Crippen molar-refractivity contribution in [2.24, 2.45) is 0 Å². The molecule has 0 bridgehead atoms. The number of halogens is 2. The molecule has 3 fully saturated rings. The number of rotatable bonds is 6. The molecule has 4 aliphatic heterocycles. The smallest absolute Gasteiger partial charge is 0.410 e. The predicted molar refractivity (Wildman–Crippen MR) is 173 cm³/mol. The van der Waals surface area contributed by atoms with Crippen molar-refractivity contribution < 1.29 is 19.1 Å². The number of urea groups is 1. The summed E-state index contributed by atoms with van der Waals surface area (Å²) in [5, 5.41) is 7.82. The first kappa shape index (κ1) is 31.4. The van der Waals surface area contributed by atoms with Crippen molar-refractivity contribution >= 4 is 58.3 Å². The van der Waals surface area contributed by atoms with E-state index in [1.54, 1.807) is 28.4 Å². The van der Waals surface area contributed by atoms with E-state index in [1.165, 1.54) is 0 Å². The van der Waals surface area contributed by atoms with E-state index in [9.17, 15) is 14.4 Å². The Kier molecular flexibility index (Phi) is 9.87. The van der Waals surface area contributed by atoms with E-state index in [1.807, 2.05) is 21.2 Å². The molecule has 2 aromatic rings. The second kappa shape index (κ2) is 13.8. The largest absolute Gasteiger partial charge is 0.436 e. The summed E-state index contributed by atoms with van der Waals surface area (Å²) in [7, 11) is 2.16. The summed E-state index contributed by atoms with van der Waals surface area (Å²) >= 11 is 14.0. The topological polar surface area (TPSA) is 88.7 Å². The number of carbonyl (C=O) groups excluding carboxylic acids is 3. The zero-order valence-electron chi connectivity index (χ0n) is 25.1. The van der Waals surface area contributed by atoms with Crippen LogP contribution in [0.1, 0.15) is 36.8 Å². The predicted octanol–water partition coefficient (Wildman–Crippen LogP) is 4.85. The van der Waals surface area contributed by atoms with Gasteiger partial charge in [0.2, 0.25) is 0 Å². The minimum Gasteiger partial charge on any atom is -0.436 e.